The monoisotopic (exact) mass is 347 g/mol. The zero-order valence-corrected chi connectivity index (χ0v) is 13.7. The van der Waals surface area contributed by atoms with E-state index in [0.717, 1.165) is 17.7 Å². The highest BCUT2D eigenvalue weighted by Gasteiger charge is 2.36. The molecule has 0 aliphatic carbocycles. The van der Waals surface area contributed by atoms with Crippen molar-refractivity contribution < 1.29 is 17.9 Å². The molecule has 0 bridgehead atoms. The predicted octanol–water partition coefficient (Wildman–Crippen LogP) is 4.69. The Hall–Kier alpha value is -2.75. The van der Waals surface area contributed by atoms with E-state index < -0.39 is 17.5 Å². The van der Waals surface area contributed by atoms with Gasteiger partial charge >= 0.3 is 6.18 Å². The number of alkyl halides is 3. The molecule has 25 heavy (non-hydrogen) atoms. The Bertz CT molecular complexity index is 840. The number of anilines is 1. The summed E-state index contributed by atoms with van der Waals surface area (Å²) in [4.78, 5) is 3.63. The molecule has 2 heterocycles. The van der Waals surface area contributed by atoms with Gasteiger partial charge in [0.25, 0.3) is 0 Å². The van der Waals surface area contributed by atoms with Gasteiger partial charge in [0.1, 0.15) is 28.9 Å². The Morgan fingerprint density at radius 1 is 1.24 bits per heavy atom. The van der Waals surface area contributed by atoms with Crippen LogP contribution in [0.1, 0.15) is 43.1 Å². The Labute approximate surface area is 143 Å². The van der Waals surface area contributed by atoms with Crippen LogP contribution < -0.4 is 10.1 Å². The summed E-state index contributed by atoms with van der Waals surface area (Å²) < 4.78 is 44.8. The van der Waals surface area contributed by atoms with E-state index in [1.807, 2.05) is 44.2 Å². The van der Waals surface area contributed by atoms with Gasteiger partial charge in [-0.05, 0) is 32.0 Å². The van der Waals surface area contributed by atoms with Gasteiger partial charge in [-0.25, -0.2) is 4.98 Å². The van der Waals surface area contributed by atoms with Crippen LogP contribution in [0.3, 0.4) is 0 Å². The number of rotatable bonds is 2. The third-order valence-corrected chi connectivity index (χ3v) is 3.99. The topological polar surface area (TPSA) is 57.9 Å². The first-order chi connectivity index (χ1) is 11.7. The summed E-state index contributed by atoms with van der Waals surface area (Å²) in [6.07, 6.45) is -4.05. The maximum Gasteiger partial charge on any atom is 0.433 e. The van der Waals surface area contributed by atoms with Gasteiger partial charge in [0.15, 0.2) is 0 Å². The smallest absolute Gasteiger partial charge is 0.433 e. The van der Waals surface area contributed by atoms with Crippen LogP contribution in [0, 0.1) is 11.3 Å². The van der Waals surface area contributed by atoms with Crippen molar-refractivity contribution >= 4 is 5.82 Å². The quantitative estimate of drug-likeness (QED) is 0.856. The van der Waals surface area contributed by atoms with Crippen molar-refractivity contribution in [2.75, 3.05) is 5.32 Å². The molecule has 0 saturated heterocycles. The van der Waals surface area contributed by atoms with Crippen LogP contribution >= 0.6 is 0 Å². The van der Waals surface area contributed by atoms with Gasteiger partial charge in [0, 0.05) is 12.0 Å². The Morgan fingerprint density at radius 2 is 1.96 bits per heavy atom. The Morgan fingerprint density at radius 3 is 2.64 bits per heavy atom. The van der Waals surface area contributed by atoms with Gasteiger partial charge in [0.05, 0.1) is 11.6 Å². The fourth-order valence-corrected chi connectivity index (χ4v) is 2.91. The second kappa shape index (κ2) is 5.96. The van der Waals surface area contributed by atoms with Crippen LogP contribution in [0.4, 0.5) is 19.0 Å². The van der Waals surface area contributed by atoms with Crippen LogP contribution in [-0.2, 0) is 6.18 Å². The molecule has 0 saturated carbocycles. The number of para-hydroxylation sites is 1. The standard InChI is InChI=1S/C18H16F3N3O/c1-17(2)9-13(12-5-3-4-6-14(12)25-17)23-16-11(10-22)7-8-15(24-16)18(19,20)21/h3-8,13H,9H2,1-2H3,(H,23,24). The van der Waals surface area contributed by atoms with Crippen molar-refractivity contribution in [3.8, 4) is 11.8 Å². The minimum absolute atomic E-state index is 0.0646. The molecule has 1 unspecified atom stereocenters. The van der Waals surface area contributed by atoms with Crippen molar-refractivity contribution in [1.82, 2.24) is 4.98 Å². The van der Waals surface area contributed by atoms with Crippen LogP contribution in [-0.4, -0.2) is 10.6 Å². The fraction of sp³-hybridized carbons (Fsp3) is 0.333. The number of halogens is 3. The van der Waals surface area contributed by atoms with Crippen molar-refractivity contribution in [3.05, 3.63) is 53.2 Å². The van der Waals surface area contributed by atoms with Crippen molar-refractivity contribution in [1.29, 1.82) is 5.26 Å². The van der Waals surface area contributed by atoms with E-state index in [4.69, 9.17) is 4.74 Å². The number of nitriles is 1. The van der Waals surface area contributed by atoms with E-state index in [2.05, 4.69) is 10.3 Å². The van der Waals surface area contributed by atoms with Gasteiger partial charge in [0.2, 0.25) is 0 Å². The first-order valence-corrected chi connectivity index (χ1v) is 7.72. The van der Waals surface area contributed by atoms with E-state index >= 15 is 0 Å². The molecule has 130 valence electrons. The molecule has 0 amide bonds. The fourth-order valence-electron chi connectivity index (χ4n) is 2.91. The normalized spacial score (nSPS) is 18.6. The number of hydrogen-bond acceptors (Lipinski definition) is 4. The average Bonchev–Trinajstić information content (AvgIpc) is 2.53. The second-order valence-electron chi connectivity index (χ2n) is 6.50. The molecule has 7 heteroatoms. The van der Waals surface area contributed by atoms with E-state index in [1.165, 1.54) is 0 Å². The molecule has 1 aromatic carbocycles. The van der Waals surface area contributed by atoms with E-state index in [9.17, 15) is 18.4 Å². The molecule has 1 N–H and O–H groups in total. The largest absolute Gasteiger partial charge is 0.487 e. The number of aromatic nitrogens is 1. The van der Waals surface area contributed by atoms with Gasteiger partial charge < -0.3 is 10.1 Å². The Kier molecular flexibility index (Phi) is 4.07. The first-order valence-electron chi connectivity index (χ1n) is 7.72. The summed E-state index contributed by atoms with van der Waals surface area (Å²) in [7, 11) is 0. The van der Waals surface area contributed by atoms with Gasteiger partial charge in [-0.2, -0.15) is 18.4 Å². The Balaban J connectivity index is 2.01. The zero-order valence-electron chi connectivity index (χ0n) is 13.7. The third-order valence-electron chi connectivity index (χ3n) is 3.99. The summed E-state index contributed by atoms with van der Waals surface area (Å²) >= 11 is 0. The second-order valence-corrected chi connectivity index (χ2v) is 6.50. The lowest BCUT2D eigenvalue weighted by Gasteiger charge is -2.38. The molecule has 2 aromatic rings. The molecule has 1 aromatic heterocycles. The zero-order chi connectivity index (χ0) is 18.2. The number of benzene rings is 1. The van der Waals surface area contributed by atoms with Crippen molar-refractivity contribution in [3.63, 3.8) is 0 Å². The maximum absolute atomic E-state index is 13.0. The van der Waals surface area contributed by atoms with E-state index in [0.29, 0.717) is 12.2 Å². The lowest BCUT2D eigenvalue weighted by molar-refractivity contribution is -0.141. The number of hydrogen-bond donors (Lipinski definition) is 1. The van der Waals surface area contributed by atoms with Gasteiger partial charge in [-0.3, -0.25) is 0 Å². The van der Waals surface area contributed by atoms with E-state index in [1.54, 1.807) is 0 Å². The highest BCUT2D eigenvalue weighted by atomic mass is 19.4. The van der Waals surface area contributed by atoms with Gasteiger partial charge in [-0.1, -0.05) is 18.2 Å². The summed E-state index contributed by atoms with van der Waals surface area (Å²) in [5.41, 5.74) is -0.645. The van der Waals surface area contributed by atoms with E-state index in [-0.39, 0.29) is 17.4 Å². The molecule has 0 fully saturated rings. The molecule has 0 radical (unpaired) electrons. The highest BCUT2D eigenvalue weighted by Crippen LogP contribution is 2.41. The summed E-state index contributed by atoms with van der Waals surface area (Å²) in [5, 5.41) is 12.2. The SMILES string of the molecule is CC1(C)CC(Nc2nc(C(F)(F)F)ccc2C#N)c2ccccc2O1. The van der Waals surface area contributed by atoms with Crippen LogP contribution in [0.2, 0.25) is 0 Å². The number of fused-ring (bicyclic) bond motifs is 1. The van der Waals surface area contributed by atoms with Crippen LogP contribution in [0.25, 0.3) is 0 Å². The first kappa shape index (κ1) is 17.1. The molecule has 4 nitrogen and oxygen atoms in total. The molecule has 1 aliphatic heterocycles. The number of ether oxygens (including phenoxy) is 1. The maximum atomic E-state index is 13.0. The molecular formula is C18H16F3N3O. The molecule has 0 spiro atoms. The van der Waals surface area contributed by atoms with Gasteiger partial charge in [-0.15, -0.1) is 0 Å². The van der Waals surface area contributed by atoms with Crippen LogP contribution in [0.5, 0.6) is 5.75 Å². The number of nitrogens with one attached hydrogen (secondary N) is 1. The number of pyridine rings is 1. The summed E-state index contributed by atoms with van der Waals surface area (Å²) in [6, 6.07) is 10.8. The number of nitrogens with zero attached hydrogens (tertiary/aromatic N) is 2. The van der Waals surface area contributed by atoms with Crippen molar-refractivity contribution in [2.45, 2.75) is 38.1 Å². The predicted molar refractivity (Wildman–Crippen MR) is 86.1 cm³/mol. The molecule has 3 rings (SSSR count). The molecule has 1 atom stereocenters. The summed E-state index contributed by atoms with van der Waals surface area (Å²) in [5.74, 6) is 0.594. The average molecular weight is 347 g/mol. The minimum Gasteiger partial charge on any atom is -0.487 e. The van der Waals surface area contributed by atoms with Crippen LogP contribution in [0.15, 0.2) is 36.4 Å². The molecule has 1 aliphatic rings. The molecular weight excluding hydrogens is 331 g/mol. The van der Waals surface area contributed by atoms with Crippen molar-refractivity contribution in [2.24, 2.45) is 0 Å². The third kappa shape index (κ3) is 3.53. The lowest BCUT2D eigenvalue weighted by atomic mass is 9.89. The summed E-state index contributed by atoms with van der Waals surface area (Å²) in [6.45, 7) is 3.81. The highest BCUT2D eigenvalue weighted by molar-refractivity contribution is 5.55. The lowest BCUT2D eigenvalue weighted by Crippen LogP contribution is -2.37. The minimum atomic E-state index is -4.57.